The van der Waals surface area contributed by atoms with Crippen molar-refractivity contribution in [3.8, 4) is 0 Å². The number of rotatable bonds is 4. The van der Waals surface area contributed by atoms with Crippen LogP contribution in [0, 0.1) is 10.1 Å². The van der Waals surface area contributed by atoms with Gasteiger partial charge in [0.05, 0.1) is 16.3 Å². The molecule has 0 heterocycles. The average molecular weight is 266 g/mol. The molecular weight excluding hydrogens is 254 g/mol. The van der Waals surface area contributed by atoms with Gasteiger partial charge in [-0.05, 0) is 24.3 Å². The minimum Gasteiger partial charge on any atom is -0.301 e. The molecule has 0 aliphatic heterocycles. The smallest absolute Gasteiger partial charge is 0.269 e. The van der Waals surface area contributed by atoms with Gasteiger partial charge in [0.2, 0.25) is 0 Å². The Kier molecular flexibility index (Phi) is 4.95. The summed E-state index contributed by atoms with van der Waals surface area (Å²) in [5.41, 5.74) is 7.71. The maximum atomic E-state index is 10.5. The number of hydrogen-bond acceptors (Lipinski definition) is 4. The second-order valence-corrected chi connectivity index (χ2v) is 3.42. The number of hydrogen-bond donors (Lipinski definition) is 2. The van der Waals surface area contributed by atoms with Crippen LogP contribution in [-0.2, 0) is 0 Å². The van der Waals surface area contributed by atoms with Gasteiger partial charge in [0.15, 0.2) is 0 Å². The number of nitro groups is 1. The lowest BCUT2D eigenvalue weighted by Crippen LogP contribution is -2.08. The van der Waals surface area contributed by atoms with Crippen LogP contribution in [0.5, 0.6) is 0 Å². The van der Waals surface area contributed by atoms with Crippen LogP contribution in [0.2, 0.25) is 0 Å². The standard InChI is InChI=1S/C12H11N3O2.ClH/c16-15(17)12-8-6-11(7-9-12)14-13-10-4-2-1-3-5-10;/h1-9,13-14H;1H. The van der Waals surface area contributed by atoms with Gasteiger partial charge in [0.1, 0.15) is 0 Å². The van der Waals surface area contributed by atoms with Gasteiger partial charge in [-0.1, -0.05) is 18.2 Å². The average Bonchev–Trinajstić information content (AvgIpc) is 2.38. The summed E-state index contributed by atoms with van der Waals surface area (Å²) in [7, 11) is 0. The highest BCUT2D eigenvalue weighted by Gasteiger charge is 2.02. The van der Waals surface area contributed by atoms with E-state index in [1.165, 1.54) is 12.1 Å². The van der Waals surface area contributed by atoms with Crippen LogP contribution in [0.3, 0.4) is 0 Å². The summed E-state index contributed by atoms with van der Waals surface area (Å²) in [6.07, 6.45) is 0. The van der Waals surface area contributed by atoms with Crippen molar-refractivity contribution in [2.45, 2.75) is 0 Å². The molecule has 2 aromatic carbocycles. The summed E-state index contributed by atoms with van der Waals surface area (Å²) in [6, 6.07) is 15.8. The Hall–Kier alpha value is -2.27. The summed E-state index contributed by atoms with van der Waals surface area (Å²) in [4.78, 5) is 10.0. The first-order chi connectivity index (χ1) is 8.25. The van der Waals surface area contributed by atoms with Crippen LogP contribution >= 0.6 is 12.4 Å². The minimum atomic E-state index is -0.422. The number of hydrazine groups is 1. The van der Waals surface area contributed by atoms with E-state index in [1.54, 1.807) is 12.1 Å². The Balaban J connectivity index is 0.00000162. The third-order valence-corrected chi connectivity index (χ3v) is 2.20. The number of non-ortho nitro benzene ring substituents is 1. The molecule has 0 amide bonds. The van der Waals surface area contributed by atoms with Crippen molar-refractivity contribution >= 4 is 29.5 Å². The van der Waals surface area contributed by atoms with Crippen LogP contribution in [0.1, 0.15) is 0 Å². The fourth-order valence-corrected chi connectivity index (χ4v) is 1.33. The Labute approximate surface area is 110 Å². The minimum absolute atomic E-state index is 0. The third-order valence-electron chi connectivity index (χ3n) is 2.20. The van der Waals surface area contributed by atoms with E-state index in [0.29, 0.717) is 0 Å². The molecule has 2 rings (SSSR count). The molecule has 5 nitrogen and oxygen atoms in total. The second kappa shape index (κ2) is 6.46. The molecule has 2 N–H and O–H groups in total. The van der Waals surface area contributed by atoms with E-state index in [1.807, 2.05) is 30.3 Å². The van der Waals surface area contributed by atoms with E-state index in [9.17, 15) is 10.1 Å². The highest BCUT2D eigenvalue weighted by molar-refractivity contribution is 5.85. The van der Waals surface area contributed by atoms with Crippen LogP contribution in [0.15, 0.2) is 54.6 Å². The summed E-state index contributed by atoms with van der Waals surface area (Å²) in [5, 5.41) is 10.5. The normalized spacial score (nSPS) is 9.11. The Bertz CT molecular complexity index is 502. The number of benzene rings is 2. The molecule has 0 saturated heterocycles. The molecule has 0 saturated carbocycles. The number of anilines is 2. The van der Waals surface area contributed by atoms with Crippen molar-refractivity contribution in [1.29, 1.82) is 0 Å². The summed E-state index contributed by atoms with van der Waals surface area (Å²) < 4.78 is 0. The van der Waals surface area contributed by atoms with Gasteiger partial charge in [-0.15, -0.1) is 12.4 Å². The number of nitro benzene ring substituents is 1. The predicted octanol–water partition coefficient (Wildman–Crippen LogP) is 3.46. The van der Waals surface area contributed by atoms with E-state index in [0.717, 1.165) is 11.4 Å². The predicted molar refractivity (Wildman–Crippen MR) is 74.0 cm³/mol. The van der Waals surface area contributed by atoms with Gasteiger partial charge >= 0.3 is 0 Å². The molecule has 0 bridgehead atoms. The Morgan fingerprint density at radius 1 is 0.833 bits per heavy atom. The van der Waals surface area contributed by atoms with Crippen molar-refractivity contribution in [1.82, 2.24) is 0 Å². The third kappa shape index (κ3) is 3.64. The molecule has 0 fully saturated rings. The molecule has 18 heavy (non-hydrogen) atoms. The molecule has 0 unspecified atom stereocenters. The zero-order valence-electron chi connectivity index (χ0n) is 9.37. The maximum Gasteiger partial charge on any atom is 0.269 e. The van der Waals surface area contributed by atoms with Crippen molar-refractivity contribution < 1.29 is 4.92 Å². The van der Waals surface area contributed by atoms with Gasteiger partial charge in [0, 0.05) is 12.1 Å². The van der Waals surface area contributed by atoms with Gasteiger partial charge in [-0.25, -0.2) is 0 Å². The van der Waals surface area contributed by atoms with E-state index in [-0.39, 0.29) is 18.1 Å². The zero-order chi connectivity index (χ0) is 12.1. The molecular formula is C12H12ClN3O2. The lowest BCUT2D eigenvalue weighted by atomic mass is 10.3. The lowest BCUT2D eigenvalue weighted by Gasteiger charge is -2.08. The topological polar surface area (TPSA) is 67.2 Å². The highest BCUT2D eigenvalue weighted by Crippen LogP contribution is 2.15. The molecule has 0 aliphatic carbocycles. The van der Waals surface area contributed by atoms with Gasteiger partial charge in [0.25, 0.3) is 5.69 Å². The number of nitrogens with one attached hydrogen (secondary N) is 2. The first-order valence-corrected chi connectivity index (χ1v) is 5.07. The fraction of sp³-hybridized carbons (Fsp3) is 0. The number of halogens is 1. The number of para-hydroxylation sites is 1. The molecule has 94 valence electrons. The molecule has 0 aliphatic rings. The summed E-state index contributed by atoms with van der Waals surface area (Å²) in [5.74, 6) is 0. The molecule has 2 aromatic rings. The Morgan fingerprint density at radius 3 is 1.83 bits per heavy atom. The zero-order valence-corrected chi connectivity index (χ0v) is 10.2. The largest absolute Gasteiger partial charge is 0.301 e. The molecule has 0 aromatic heterocycles. The van der Waals surface area contributed by atoms with E-state index in [2.05, 4.69) is 10.9 Å². The van der Waals surface area contributed by atoms with Crippen LogP contribution in [0.25, 0.3) is 0 Å². The van der Waals surface area contributed by atoms with E-state index >= 15 is 0 Å². The van der Waals surface area contributed by atoms with Crippen molar-refractivity contribution in [2.75, 3.05) is 10.9 Å². The van der Waals surface area contributed by atoms with Crippen LogP contribution in [-0.4, -0.2) is 4.92 Å². The van der Waals surface area contributed by atoms with Crippen molar-refractivity contribution in [2.24, 2.45) is 0 Å². The number of nitrogens with zero attached hydrogens (tertiary/aromatic N) is 1. The first-order valence-electron chi connectivity index (χ1n) is 5.07. The Morgan fingerprint density at radius 2 is 1.33 bits per heavy atom. The van der Waals surface area contributed by atoms with Crippen LogP contribution in [0.4, 0.5) is 17.1 Å². The molecule has 0 spiro atoms. The van der Waals surface area contributed by atoms with Crippen LogP contribution < -0.4 is 10.9 Å². The molecule has 0 radical (unpaired) electrons. The fourth-order valence-electron chi connectivity index (χ4n) is 1.33. The SMILES string of the molecule is Cl.O=[N+]([O-])c1ccc(NNc2ccccc2)cc1. The highest BCUT2D eigenvalue weighted by atomic mass is 35.5. The summed E-state index contributed by atoms with van der Waals surface area (Å²) in [6.45, 7) is 0. The lowest BCUT2D eigenvalue weighted by molar-refractivity contribution is -0.384. The monoisotopic (exact) mass is 265 g/mol. The van der Waals surface area contributed by atoms with Gasteiger partial charge in [-0.2, -0.15) is 0 Å². The first kappa shape index (κ1) is 13.8. The molecule has 0 atom stereocenters. The quantitative estimate of drug-likeness (QED) is 0.656. The van der Waals surface area contributed by atoms with E-state index in [4.69, 9.17) is 0 Å². The maximum absolute atomic E-state index is 10.5. The van der Waals surface area contributed by atoms with Gasteiger partial charge in [-0.3, -0.25) is 10.1 Å². The van der Waals surface area contributed by atoms with Crippen molar-refractivity contribution in [3.05, 3.63) is 64.7 Å². The summed E-state index contributed by atoms with van der Waals surface area (Å²) >= 11 is 0. The molecule has 6 heteroatoms. The van der Waals surface area contributed by atoms with Gasteiger partial charge < -0.3 is 10.9 Å². The second-order valence-electron chi connectivity index (χ2n) is 3.42. The van der Waals surface area contributed by atoms with Crippen molar-refractivity contribution in [3.63, 3.8) is 0 Å². The van der Waals surface area contributed by atoms with E-state index < -0.39 is 4.92 Å².